The van der Waals surface area contributed by atoms with Crippen molar-refractivity contribution >= 4 is 35.1 Å². The van der Waals surface area contributed by atoms with Crippen LogP contribution in [0.4, 0.5) is 4.79 Å². The number of ether oxygens (including phenoxy) is 1. The van der Waals surface area contributed by atoms with Crippen LogP contribution in [-0.2, 0) is 13.1 Å². The first-order chi connectivity index (χ1) is 17.3. The molecule has 1 aliphatic heterocycles. The predicted octanol–water partition coefficient (Wildman–Crippen LogP) is 3.96. The number of halogens is 2. The lowest BCUT2D eigenvalue weighted by Crippen LogP contribution is -2.54. The van der Waals surface area contributed by atoms with Crippen molar-refractivity contribution in [2.24, 2.45) is 5.73 Å². The van der Waals surface area contributed by atoms with E-state index in [1.807, 2.05) is 0 Å². The minimum Gasteiger partial charge on any atom is -0.490 e. The van der Waals surface area contributed by atoms with Gasteiger partial charge in [-0.15, -0.1) is 0 Å². The summed E-state index contributed by atoms with van der Waals surface area (Å²) in [4.78, 5) is 27.0. The highest BCUT2D eigenvalue weighted by Gasteiger charge is 2.35. The molecule has 0 spiro atoms. The molecule has 1 aromatic heterocycles. The van der Waals surface area contributed by atoms with Crippen molar-refractivity contribution in [1.29, 1.82) is 5.26 Å². The van der Waals surface area contributed by atoms with Crippen LogP contribution in [0.15, 0.2) is 42.5 Å². The molecule has 0 unspecified atom stereocenters. The molecule has 0 bridgehead atoms. The fourth-order valence-corrected chi connectivity index (χ4v) is 4.74. The second-order valence-electron chi connectivity index (χ2n) is 8.80. The minimum absolute atomic E-state index is 0.00115. The zero-order valence-electron chi connectivity index (χ0n) is 19.1. The Hall–Kier alpha value is -3.74. The number of carbonyl (C=O) groups is 2. The first kappa shape index (κ1) is 24.0. The molecule has 36 heavy (non-hydrogen) atoms. The van der Waals surface area contributed by atoms with E-state index in [9.17, 15) is 9.59 Å². The van der Waals surface area contributed by atoms with Crippen LogP contribution in [0, 0.1) is 11.3 Å². The number of hydrogen-bond acceptors (Lipinski definition) is 5. The number of nitriles is 1. The number of fused-ring (bicyclic) bond motifs is 1. The van der Waals surface area contributed by atoms with E-state index in [-0.39, 0.29) is 30.3 Å². The summed E-state index contributed by atoms with van der Waals surface area (Å²) in [6, 6.07) is 13.8. The quantitative estimate of drug-likeness (QED) is 0.522. The van der Waals surface area contributed by atoms with Gasteiger partial charge >= 0.3 is 6.03 Å². The molecule has 1 aliphatic carbocycles. The van der Waals surface area contributed by atoms with Crippen LogP contribution in [0.2, 0.25) is 10.0 Å². The number of rotatable bonds is 5. The summed E-state index contributed by atoms with van der Waals surface area (Å²) in [5.74, 6) is 0.0752. The van der Waals surface area contributed by atoms with Gasteiger partial charge in [0.25, 0.3) is 5.91 Å². The lowest BCUT2D eigenvalue weighted by Gasteiger charge is -2.37. The average Bonchev–Trinajstić information content (AvgIpc) is 3.24. The number of urea groups is 1. The van der Waals surface area contributed by atoms with Gasteiger partial charge in [-0.1, -0.05) is 29.3 Å². The molecule has 1 fully saturated rings. The number of primary amides is 1. The molecule has 184 valence electrons. The molecule has 0 radical (unpaired) electrons. The first-order valence-corrected chi connectivity index (χ1v) is 12.1. The van der Waals surface area contributed by atoms with Crippen LogP contribution >= 0.6 is 23.2 Å². The topological polar surface area (TPSA) is 126 Å². The van der Waals surface area contributed by atoms with E-state index in [4.69, 9.17) is 38.9 Å². The predicted molar refractivity (Wildman–Crippen MR) is 134 cm³/mol. The zero-order valence-corrected chi connectivity index (χ0v) is 20.6. The number of aromatic nitrogens is 2. The van der Waals surface area contributed by atoms with Gasteiger partial charge < -0.3 is 20.7 Å². The third-order valence-corrected chi connectivity index (χ3v) is 7.15. The Morgan fingerprint density at radius 2 is 1.86 bits per heavy atom. The van der Waals surface area contributed by atoms with E-state index >= 15 is 0 Å². The van der Waals surface area contributed by atoms with E-state index in [2.05, 4.69) is 16.5 Å². The molecule has 2 heterocycles. The Morgan fingerprint density at radius 3 is 2.53 bits per heavy atom. The summed E-state index contributed by atoms with van der Waals surface area (Å²) < 4.78 is 7.62. The van der Waals surface area contributed by atoms with Gasteiger partial charge in [-0.3, -0.25) is 9.48 Å². The van der Waals surface area contributed by atoms with Gasteiger partial charge in [0.15, 0.2) is 0 Å². The summed E-state index contributed by atoms with van der Waals surface area (Å²) in [5, 5.41) is 17.2. The summed E-state index contributed by atoms with van der Waals surface area (Å²) >= 11 is 12.2. The molecule has 0 saturated heterocycles. The van der Waals surface area contributed by atoms with E-state index in [1.54, 1.807) is 52.0 Å². The number of benzene rings is 2. The number of nitrogens with two attached hydrogens (primary N) is 1. The minimum atomic E-state index is -0.624. The van der Waals surface area contributed by atoms with Crippen LogP contribution in [0.25, 0.3) is 11.3 Å². The van der Waals surface area contributed by atoms with E-state index in [0.717, 1.165) is 0 Å². The van der Waals surface area contributed by atoms with Crippen molar-refractivity contribution < 1.29 is 14.3 Å². The maximum Gasteiger partial charge on any atom is 0.318 e. The molecule has 11 heteroatoms. The highest BCUT2D eigenvalue weighted by molar-refractivity contribution is 6.42. The molecule has 3 N–H and O–H groups in total. The molecule has 0 atom stereocenters. The standard InChI is InChI=1S/C25H22Cl2N6O3/c26-19-6-3-15(9-20(19)27)23-22(24(29)34)21-13-32(7-8-33(21)31-23)25(35)30-16-10-18(11-16)36-17-4-1-14(12-28)2-5-17/h1-6,9,16,18H,7-8,10-11,13H2,(H2,29,34)(H,30,35). The molecule has 5 rings (SSSR count). The summed E-state index contributed by atoms with van der Waals surface area (Å²) in [6.45, 7) is 1.08. The van der Waals surface area contributed by atoms with Crippen LogP contribution in [-0.4, -0.2) is 45.3 Å². The third-order valence-electron chi connectivity index (χ3n) is 6.42. The second kappa shape index (κ2) is 9.72. The third kappa shape index (κ3) is 4.70. The monoisotopic (exact) mass is 524 g/mol. The van der Waals surface area contributed by atoms with E-state index in [1.165, 1.54) is 0 Å². The van der Waals surface area contributed by atoms with Crippen LogP contribution in [0.3, 0.4) is 0 Å². The normalized spacial score (nSPS) is 18.5. The molecular formula is C25H22Cl2N6O3. The van der Waals surface area contributed by atoms with Crippen LogP contribution in [0.5, 0.6) is 5.75 Å². The number of amides is 3. The Balaban J connectivity index is 1.22. The van der Waals surface area contributed by atoms with Gasteiger partial charge in [0.1, 0.15) is 17.5 Å². The van der Waals surface area contributed by atoms with Gasteiger partial charge in [0.2, 0.25) is 0 Å². The van der Waals surface area contributed by atoms with Crippen molar-refractivity contribution in [3.8, 4) is 23.1 Å². The van der Waals surface area contributed by atoms with Crippen LogP contribution in [0.1, 0.15) is 34.5 Å². The van der Waals surface area contributed by atoms with Gasteiger partial charge in [0, 0.05) is 31.0 Å². The molecule has 3 amide bonds. The molecule has 2 aliphatic rings. The average molecular weight is 525 g/mol. The van der Waals surface area contributed by atoms with Gasteiger partial charge in [-0.2, -0.15) is 10.4 Å². The molecular weight excluding hydrogens is 503 g/mol. The molecule has 2 aromatic carbocycles. The van der Waals surface area contributed by atoms with Crippen molar-refractivity contribution in [3.63, 3.8) is 0 Å². The van der Waals surface area contributed by atoms with Gasteiger partial charge in [-0.05, 0) is 36.4 Å². The Morgan fingerprint density at radius 1 is 1.11 bits per heavy atom. The van der Waals surface area contributed by atoms with Gasteiger partial charge in [-0.25, -0.2) is 4.79 Å². The largest absolute Gasteiger partial charge is 0.490 e. The number of carbonyl (C=O) groups excluding carboxylic acids is 2. The maximum absolute atomic E-state index is 13.0. The molecule has 3 aromatic rings. The highest BCUT2D eigenvalue weighted by atomic mass is 35.5. The smallest absolute Gasteiger partial charge is 0.318 e. The maximum atomic E-state index is 13.0. The summed E-state index contributed by atoms with van der Waals surface area (Å²) in [5.41, 5.74) is 8.19. The van der Waals surface area contributed by atoms with Gasteiger partial charge in [0.05, 0.1) is 46.0 Å². The number of nitrogens with zero attached hydrogens (tertiary/aromatic N) is 4. The number of nitrogens with one attached hydrogen (secondary N) is 1. The molecule has 1 saturated carbocycles. The highest BCUT2D eigenvalue weighted by Crippen LogP contribution is 2.33. The van der Waals surface area contributed by atoms with Crippen molar-refractivity contribution in [1.82, 2.24) is 20.0 Å². The van der Waals surface area contributed by atoms with Crippen molar-refractivity contribution in [2.45, 2.75) is 38.1 Å². The van der Waals surface area contributed by atoms with E-state index < -0.39 is 5.91 Å². The lowest BCUT2D eigenvalue weighted by atomic mass is 9.89. The Labute approximate surface area is 217 Å². The first-order valence-electron chi connectivity index (χ1n) is 11.4. The van der Waals surface area contributed by atoms with E-state index in [0.29, 0.717) is 64.2 Å². The second-order valence-corrected chi connectivity index (χ2v) is 9.62. The molecule has 9 nitrogen and oxygen atoms in total. The van der Waals surface area contributed by atoms with Crippen molar-refractivity contribution in [2.75, 3.05) is 6.54 Å². The Kier molecular flexibility index (Phi) is 6.48. The number of hydrogen-bond donors (Lipinski definition) is 2. The lowest BCUT2D eigenvalue weighted by molar-refractivity contribution is 0.0832. The fourth-order valence-electron chi connectivity index (χ4n) is 4.44. The van der Waals surface area contributed by atoms with Crippen molar-refractivity contribution in [3.05, 3.63) is 69.3 Å². The SMILES string of the molecule is N#Cc1ccc(OC2CC(NC(=O)N3CCn4nc(-c5ccc(Cl)c(Cl)c5)c(C(N)=O)c4C3)C2)cc1. The summed E-state index contributed by atoms with van der Waals surface area (Å²) in [6.07, 6.45) is 1.37. The Bertz CT molecular complexity index is 1380. The van der Waals surface area contributed by atoms with Crippen LogP contribution < -0.4 is 15.8 Å². The zero-order chi connectivity index (χ0) is 25.4. The summed E-state index contributed by atoms with van der Waals surface area (Å²) in [7, 11) is 0. The fraction of sp³-hybridized carbons (Fsp3) is 0.280.